The van der Waals surface area contributed by atoms with E-state index in [0.717, 1.165) is 10.4 Å². The van der Waals surface area contributed by atoms with Crippen LogP contribution in [0.4, 0.5) is 10.1 Å². The Kier molecular flexibility index (Phi) is 5.83. The third kappa shape index (κ3) is 5.15. The topological polar surface area (TPSA) is 81.4 Å². The highest BCUT2D eigenvalue weighted by atomic mass is 32.1. The van der Waals surface area contributed by atoms with Gasteiger partial charge in [0, 0.05) is 10.6 Å². The summed E-state index contributed by atoms with van der Waals surface area (Å²) in [5, 5.41) is 2.82. The number of hydrogen-bond acceptors (Lipinski definition) is 4. The van der Waals surface area contributed by atoms with Crippen molar-refractivity contribution in [2.45, 2.75) is 6.42 Å². The van der Waals surface area contributed by atoms with Gasteiger partial charge >= 0.3 is 0 Å². The molecule has 7 heteroatoms. The van der Waals surface area contributed by atoms with Gasteiger partial charge in [0.15, 0.2) is 0 Å². The highest BCUT2D eigenvalue weighted by Gasteiger charge is 2.11. The number of amides is 2. The molecule has 1 heterocycles. The first-order chi connectivity index (χ1) is 13.0. The molecule has 0 aliphatic carbocycles. The lowest BCUT2D eigenvalue weighted by Gasteiger charge is -2.07. The summed E-state index contributed by atoms with van der Waals surface area (Å²) in [5.74, 6) is -0.357. The molecular weight excluding hydrogens is 367 g/mol. The summed E-state index contributed by atoms with van der Waals surface area (Å²) in [6, 6.07) is 16.5. The molecule has 0 unspecified atom stereocenters. The lowest BCUT2D eigenvalue weighted by Crippen LogP contribution is -2.14. The SMILES string of the molecule is NC(=O)CCOc1ccc(NC(=O)c2ccc(-c3ccc(F)cc3)s2)cc1. The molecule has 0 atom stereocenters. The number of benzene rings is 2. The molecule has 5 nitrogen and oxygen atoms in total. The molecular formula is C20H17FN2O3S. The Labute approximate surface area is 159 Å². The molecule has 1 aromatic heterocycles. The molecule has 0 aliphatic rings. The normalized spacial score (nSPS) is 10.4. The Morgan fingerprint density at radius 3 is 2.37 bits per heavy atom. The van der Waals surface area contributed by atoms with Gasteiger partial charge in [0.1, 0.15) is 11.6 Å². The molecule has 0 fully saturated rings. The number of carbonyl (C=O) groups is 2. The third-order valence-corrected chi connectivity index (χ3v) is 4.82. The van der Waals surface area contributed by atoms with E-state index in [0.29, 0.717) is 16.3 Å². The van der Waals surface area contributed by atoms with Gasteiger partial charge in [-0.15, -0.1) is 11.3 Å². The van der Waals surface area contributed by atoms with Crippen molar-refractivity contribution in [2.75, 3.05) is 11.9 Å². The Morgan fingerprint density at radius 2 is 1.70 bits per heavy atom. The van der Waals surface area contributed by atoms with Crippen molar-refractivity contribution in [3.05, 3.63) is 71.4 Å². The Morgan fingerprint density at radius 1 is 1.00 bits per heavy atom. The van der Waals surface area contributed by atoms with Gasteiger partial charge in [0.05, 0.1) is 17.9 Å². The first-order valence-electron chi connectivity index (χ1n) is 8.19. The van der Waals surface area contributed by atoms with Gasteiger partial charge in [-0.05, 0) is 54.1 Å². The van der Waals surface area contributed by atoms with Crippen molar-refractivity contribution < 1.29 is 18.7 Å². The molecule has 3 rings (SSSR count). The van der Waals surface area contributed by atoms with Gasteiger partial charge in [-0.25, -0.2) is 4.39 Å². The molecule has 0 saturated heterocycles. The highest BCUT2D eigenvalue weighted by molar-refractivity contribution is 7.17. The fourth-order valence-corrected chi connectivity index (χ4v) is 3.23. The number of halogens is 1. The fourth-order valence-electron chi connectivity index (χ4n) is 2.33. The number of thiophene rings is 1. The molecule has 0 saturated carbocycles. The predicted octanol–water partition coefficient (Wildman–Crippen LogP) is 4.06. The van der Waals surface area contributed by atoms with Gasteiger partial charge in [0.25, 0.3) is 5.91 Å². The van der Waals surface area contributed by atoms with Gasteiger partial charge in [-0.3, -0.25) is 9.59 Å². The minimum atomic E-state index is -0.421. The molecule has 0 bridgehead atoms. The van der Waals surface area contributed by atoms with Gasteiger partial charge in [0.2, 0.25) is 5.91 Å². The number of hydrogen-bond donors (Lipinski definition) is 2. The Balaban J connectivity index is 1.60. The summed E-state index contributed by atoms with van der Waals surface area (Å²) in [6.45, 7) is 0.211. The minimum Gasteiger partial charge on any atom is -0.493 e. The van der Waals surface area contributed by atoms with Crippen LogP contribution in [-0.4, -0.2) is 18.4 Å². The number of carbonyl (C=O) groups excluding carboxylic acids is 2. The third-order valence-electron chi connectivity index (χ3n) is 3.69. The maximum atomic E-state index is 13.0. The van der Waals surface area contributed by atoms with Crippen LogP contribution in [0, 0.1) is 5.82 Å². The summed E-state index contributed by atoms with van der Waals surface area (Å²) in [7, 11) is 0. The van der Waals surface area contributed by atoms with Crippen LogP contribution in [0.5, 0.6) is 5.75 Å². The van der Waals surface area contributed by atoms with Crippen molar-refractivity contribution >= 4 is 28.8 Å². The lowest BCUT2D eigenvalue weighted by atomic mass is 10.2. The van der Waals surface area contributed by atoms with E-state index >= 15 is 0 Å². The molecule has 27 heavy (non-hydrogen) atoms. The molecule has 0 radical (unpaired) electrons. The molecule has 138 valence electrons. The quantitative estimate of drug-likeness (QED) is 0.644. The minimum absolute atomic E-state index is 0.146. The van der Waals surface area contributed by atoms with Crippen LogP contribution in [-0.2, 0) is 4.79 Å². The zero-order valence-electron chi connectivity index (χ0n) is 14.3. The summed E-state index contributed by atoms with van der Waals surface area (Å²) < 4.78 is 18.4. The second-order valence-corrected chi connectivity index (χ2v) is 6.80. The Bertz CT molecular complexity index is 937. The average molecular weight is 384 g/mol. The van der Waals surface area contributed by atoms with Crippen LogP contribution in [0.2, 0.25) is 0 Å². The average Bonchev–Trinajstić information content (AvgIpc) is 3.14. The smallest absolute Gasteiger partial charge is 0.265 e. The van der Waals surface area contributed by atoms with E-state index < -0.39 is 5.91 Å². The van der Waals surface area contributed by atoms with Crippen molar-refractivity contribution in [3.63, 3.8) is 0 Å². The second-order valence-electron chi connectivity index (χ2n) is 5.71. The Hall–Kier alpha value is -3.19. The van der Waals surface area contributed by atoms with E-state index in [1.54, 1.807) is 42.5 Å². The van der Waals surface area contributed by atoms with Gasteiger partial charge < -0.3 is 15.8 Å². The van der Waals surface area contributed by atoms with E-state index in [-0.39, 0.29) is 24.8 Å². The van der Waals surface area contributed by atoms with Crippen LogP contribution < -0.4 is 15.8 Å². The van der Waals surface area contributed by atoms with E-state index in [1.807, 2.05) is 6.07 Å². The van der Waals surface area contributed by atoms with Gasteiger partial charge in [-0.2, -0.15) is 0 Å². The lowest BCUT2D eigenvalue weighted by molar-refractivity contribution is -0.118. The molecule has 3 aromatic rings. The summed E-state index contributed by atoms with van der Waals surface area (Å²) in [6.07, 6.45) is 0.146. The van der Waals surface area contributed by atoms with Crippen LogP contribution in [0.3, 0.4) is 0 Å². The number of anilines is 1. The van der Waals surface area contributed by atoms with Crippen LogP contribution in [0.15, 0.2) is 60.7 Å². The van der Waals surface area contributed by atoms with E-state index in [4.69, 9.17) is 10.5 Å². The number of ether oxygens (including phenoxy) is 1. The summed E-state index contributed by atoms with van der Waals surface area (Å²) in [5.41, 5.74) is 6.54. The van der Waals surface area contributed by atoms with E-state index in [1.165, 1.54) is 23.5 Å². The standard InChI is InChI=1S/C20H17FN2O3S/c21-14-3-1-13(2-4-14)17-9-10-18(27-17)20(25)23-15-5-7-16(8-6-15)26-12-11-19(22)24/h1-10H,11-12H2,(H2,22,24)(H,23,25). The second kappa shape index (κ2) is 8.46. The predicted molar refractivity (Wildman–Crippen MR) is 103 cm³/mol. The summed E-state index contributed by atoms with van der Waals surface area (Å²) in [4.78, 5) is 24.5. The molecule has 2 amide bonds. The highest BCUT2D eigenvalue weighted by Crippen LogP contribution is 2.29. The van der Waals surface area contributed by atoms with Crippen molar-refractivity contribution in [3.8, 4) is 16.2 Å². The number of nitrogens with one attached hydrogen (secondary N) is 1. The monoisotopic (exact) mass is 384 g/mol. The van der Waals surface area contributed by atoms with Crippen LogP contribution >= 0.6 is 11.3 Å². The zero-order chi connectivity index (χ0) is 19.2. The molecule has 2 aromatic carbocycles. The maximum Gasteiger partial charge on any atom is 0.265 e. The van der Waals surface area contributed by atoms with Crippen LogP contribution in [0.25, 0.3) is 10.4 Å². The fraction of sp³-hybridized carbons (Fsp3) is 0.100. The maximum absolute atomic E-state index is 13.0. The first-order valence-corrected chi connectivity index (χ1v) is 9.01. The van der Waals surface area contributed by atoms with Crippen LogP contribution in [0.1, 0.15) is 16.1 Å². The molecule has 0 spiro atoms. The number of nitrogens with two attached hydrogens (primary N) is 1. The van der Waals surface area contributed by atoms with E-state index in [9.17, 15) is 14.0 Å². The first kappa shape index (κ1) is 18.6. The molecule has 0 aliphatic heterocycles. The number of rotatable bonds is 7. The van der Waals surface area contributed by atoms with Gasteiger partial charge in [-0.1, -0.05) is 12.1 Å². The molecule has 3 N–H and O–H groups in total. The largest absolute Gasteiger partial charge is 0.493 e. The number of primary amides is 1. The van der Waals surface area contributed by atoms with Crippen molar-refractivity contribution in [1.82, 2.24) is 0 Å². The van der Waals surface area contributed by atoms with E-state index in [2.05, 4.69) is 5.32 Å². The summed E-state index contributed by atoms with van der Waals surface area (Å²) >= 11 is 1.33. The van der Waals surface area contributed by atoms with Crippen molar-refractivity contribution in [1.29, 1.82) is 0 Å². The zero-order valence-corrected chi connectivity index (χ0v) is 15.1. The van der Waals surface area contributed by atoms with Crippen molar-refractivity contribution in [2.24, 2.45) is 5.73 Å².